The summed E-state index contributed by atoms with van der Waals surface area (Å²) in [6.45, 7) is 6.90. The predicted octanol–water partition coefficient (Wildman–Crippen LogP) is 2.73. The molecule has 1 amide bonds. The first-order valence-electron chi connectivity index (χ1n) is 8.02. The minimum absolute atomic E-state index is 0.0446. The molecule has 24 heavy (non-hydrogen) atoms. The van der Waals surface area contributed by atoms with Gasteiger partial charge >= 0.3 is 0 Å². The van der Waals surface area contributed by atoms with Crippen molar-refractivity contribution in [3.63, 3.8) is 0 Å². The van der Waals surface area contributed by atoms with Crippen LogP contribution in [0.1, 0.15) is 32.8 Å². The SMILES string of the molecule is CC(C)(C)n1cc(N[C@@H]2CCN(c3ccc(C#N)cc3)C2=O)cn1. The first kappa shape index (κ1) is 16.1. The van der Waals surface area contributed by atoms with E-state index in [9.17, 15) is 4.79 Å². The van der Waals surface area contributed by atoms with Crippen molar-refractivity contribution in [2.75, 3.05) is 16.8 Å². The Labute approximate surface area is 141 Å². The standard InChI is InChI=1S/C18H21N5O/c1-18(2,3)23-12-14(11-20-23)21-16-8-9-22(17(16)24)15-6-4-13(10-19)5-7-15/h4-7,11-12,16,21H,8-9H2,1-3H3/t16-/m1/s1. The third-order valence-corrected chi connectivity index (χ3v) is 4.12. The summed E-state index contributed by atoms with van der Waals surface area (Å²) in [6.07, 6.45) is 4.42. The van der Waals surface area contributed by atoms with Crippen LogP contribution in [0.2, 0.25) is 0 Å². The number of nitrogens with one attached hydrogen (secondary N) is 1. The number of carbonyl (C=O) groups excluding carboxylic acids is 1. The molecule has 1 aliphatic heterocycles. The van der Waals surface area contributed by atoms with Crippen LogP contribution in [-0.4, -0.2) is 28.3 Å². The molecule has 2 aromatic rings. The second kappa shape index (κ2) is 6.00. The molecular formula is C18H21N5O. The second-order valence-electron chi connectivity index (χ2n) is 6.98. The molecule has 0 bridgehead atoms. The highest BCUT2D eigenvalue weighted by molar-refractivity contribution is 6.01. The van der Waals surface area contributed by atoms with Gasteiger partial charge < -0.3 is 10.2 Å². The molecule has 0 radical (unpaired) electrons. The number of hydrogen-bond donors (Lipinski definition) is 1. The lowest BCUT2D eigenvalue weighted by atomic mass is 10.1. The Morgan fingerprint density at radius 1 is 1.29 bits per heavy atom. The third-order valence-electron chi connectivity index (χ3n) is 4.12. The van der Waals surface area contributed by atoms with Gasteiger partial charge in [0.2, 0.25) is 5.91 Å². The van der Waals surface area contributed by atoms with Gasteiger partial charge in [-0.05, 0) is 51.5 Å². The van der Waals surface area contributed by atoms with Crippen molar-refractivity contribution in [3.8, 4) is 6.07 Å². The Morgan fingerprint density at radius 3 is 2.58 bits per heavy atom. The van der Waals surface area contributed by atoms with E-state index in [1.807, 2.05) is 23.0 Å². The zero-order valence-corrected chi connectivity index (χ0v) is 14.2. The highest BCUT2D eigenvalue weighted by Crippen LogP contribution is 2.24. The molecule has 124 valence electrons. The molecule has 1 saturated heterocycles. The summed E-state index contributed by atoms with van der Waals surface area (Å²) in [7, 11) is 0. The Bertz CT molecular complexity index is 779. The van der Waals surface area contributed by atoms with E-state index in [-0.39, 0.29) is 17.5 Å². The lowest BCUT2D eigenvalue weighted by molar-refractivity contribution is -0.117. The molecule has 2 heterocycles. The Hall–Kier alpha value is -2.81. The molecular weight excluding hydrogens is 302 g/mol. The summed E-state index contributed by atoms with van der Waals surface area (Å²) in [5.74, 6) is 0.0446. The Balaban J connectivity index is 1.70. The number of benzene rings is 1. The molecule has 6 nitrogen and oxygen atoms in total. The van der Waals surface area contributed by atoms with Crippen molar-refractivity contribution in [3.05, 3.63) is 42.2 Å². The zero-order chi connectivity index (χ0) is 17.3. The van der Waals surface area contributed by atoms with E-state index in [4.69, 9.17) is 5.26 Å². The fourth-order valence-corrected chi connectivity index (χ4v) is 2.75. The fraction of sp³-hybridized carbons (Fsp3) is 0.389. The minimum atomic E-state index is -0.252. The maximum absolute atomic E-state index is 12.6. The highest BCUT2D eigenvalue weighted by atomic mass is 16.2. The van der Waals surface area contributed by atoms with Crippen molar-refractivity contribution >= 4 is 17.3 Å². The molecule has 1 atom stereocenters. The quantitative estimate of drug-likeness (QED) is 0.942. The van der Waals surface area contributed by atoms with E-state index in [0.29, 0.717) is 12.1 Å². The van der Waals surface area contributed by atoms with Gasteiger partial charge in [-0.2, -0.15) is 10.4 Å². The van der Waals surface area contributed by atoms with Crippen LogP contribution in [0.4, 0.5) is 11.4 Å². The maximum atomic E-state index is 12.6. The summed E-state index contributed by atoms with van der Waals surface area (Å²) in [6, 6.07) is 8.93. The average Bonchev–Trinajstić information content (AvgIpc) is 3.16. The number of amides is 1. The lowest BCUT2D eigenvalue weighted by Crippen LogP contribution is -2.33. The number of carbonyl (C=O) groups is 1. The van der Waals surface area contributed by atoms with Crippen LogP contribution in [0, 0.1) is 11.3 Å². The van der Waals surface area contributed by atoms with Gasteiger partial charge in [-0.1, -0.05) is 0 Å². The van der Waals surface area contributed by atoms with Crippen molar-refractivity contribution < 1.29 is 4.79 Å². The van der Waals surface area contributed by atoms with Crippen LogP contribution in [0.25, 0.3) is 0 Å². The molecule has 1 aromatic heterocycles. The van der Waals surface area contributed by atoms with Gasteiger partial charge in [0.15, 0.2) is 0 Å². The molecule has 0 unspecified atom stereocenters. The van der Waals surface area contributed by atoms with Crippen LogP contribution < -0.4 is 10.2 Å². The van der Waals surface area contributed by atoms with E-state index in [2.05, 4.69) is 37.3 Å². The summed E-state index contributed by atoms with van der Waals surface area (Å²) in [4.78, 5) is 14.4. The summed E-state index contributed by atoms with van der Waals surface area (Å²) < 4.78 is 1.88. The monoisotopic (exact) mass is 323 g/mol. The van der Waals surface area contributed by atoms with Crippen molar-refractivity contribution in [2.45, 2.75) is 38.8 Å². The molecule has 0 aliphatic carbocycles. The van der Waals surface area contributed by atoms with Crippen LogP contribution in [0.3, 0.4) is 0 Å². The predicted molar refractivity (Wildman–Crippen MR) is 92.8 cm³/mol. The van der Waals surface area contributed by atoms with E-state index in [1.54, 1.807) is 23.2 Å². The first-order valence-corrected chi connectivity index (χ1v) is 8.02. The van der Waals surface area contributed by atoms with Gasteiger partial charge in [-0.25, -0.2) is 0 Å². The van der Waals surface area contributed by atoms with Crippen LogP contribution in [-0.2, 0) is 10.3 Å². The van der Waals surface area contributed by atoms with E-state index in [0.717, 1.165) is 17.8 Å². The van der Waals surface area contributed by atoms with Gasteiger partial charge in [0.25, 0.3) is 0 Å². The highest BCUT2D eigenvalue weighted by Gasteiger charge is 2.32. The largest absolute Gasteiger partial charge is 0.371 e. The van der Waals surface area contributed by atoms with E-state index in [1.165, 1.54) is 0 Å². The zero-order valence-electron chi connectivity index (χ0n) is 14.2. The van der Waals surface area contributed by atoms with Gasteiger partial charge in [-0.3, -0.25) is 9.48 Å². The molecule has 0 saturated carbocycles. The van der Waals surface area contributed by atoms with Crippen LogP contribution in [0.15, 0.2) is 36.7 Å². The smallest absolute Gasteiger partial charge is 0.249 e. The Kier molecular flexibility index (Phi) is 4.02. The second-order valence-corrected chi connectivity index (χ2v) is 6.98. The Morgan fingerprint density at radius 2 is 2.00 bits per heavy atom. The normalized spacial score (nSPS) is 17.8. The lowest BCUT2D eigenvalue weighted by Gasteiger charge is -2.19. The molecule has 1 aromatic carbocycles. The van der Waals surface area contributed by atoms with E-state index < -0.39 is 0 Å². The average molecular weight is 323 g/mol. The molecule has 3 rings (SSSR count). The number of rotatable bonds is 3. The van der Waals surface area contributed by atoms with Crippen molar-refractivity contribution in [1.82, 2.24) is 9.78 Å². The molecule has 1 aliphatic rings. The minimum Gasteiger partial charge on any atom is -0.371 e. The first-order chi connectivity index (χ1) is 11.4. The van der Waals surface area contributed by atoms with E-state index >= 15 is 0 Å². The number of hydrogen-bond acceptors (Lipinski definition) is 4. The van der Waals surface area contributed by atoms with Gasteiger partial charge in [0.1, 0.15) is 6.04 Å². The fourth-order valence-electron chi connectivity index (χ4n) is 2.75. The molecule has 1 N–H and O–H groups in total. The number of nitrogens with zero attached hydrogens (tertiary/aromatic N) is 4. The summed E-state index contributed by atoms with van der Waals surface area (Å²) in [5.41, 5.74) is 2.18. The van der Waals surface area contributed by atoms with Crippen molar-refractivity contribution in [2.24, 2.45) is 0 Å². The van der Waals surface area contributed by atoms with Gasteiger partial charge in [0, 0.05) is 18.4 Å². The van der Waals surface area contributed by atoms with Gasteiger partial charge in [-0.15, -0.1) is 0 Å². The number of aromatic nitrogens is 2. The topological polar surface area (TPSA) is 74.0 Å². The molecule has 0 spiro atoms. The number of nitriles is 1. The summed E-state index contributed by atoms with van der Waals surface area (Å²) >= 11 is 0. The maximum Gasteiger partial charge on any atom is 0.249 e. The molecule has 6 heteroatoms. The third kappa shape index (κ3) is 3.11. The van der Waals surface area contributed by atoms with Crippen LogP contribution in [0.5, 0.6) is 0 Å². The van der Waals surface area contributed by atoms with Crippen LogP contribution >= 0.6 is 0 Å². The van der Waals surface area contributed by atoms with Crippen molar-refractivity contribution in [1.29, 1.82) is 5.26 Å². The van der Waals surface area contributed by atoms with Gasteiger partial charge in [0.05, 0.1) is 29.1 Å². The number of anilines is 2. The summed E-state index contributed by atoms with van der Waals surface area (Å²) in [5, 5.41) is 16.5. The molecule has 1 fully saturated rings.